The molecule has 6 nitrogen and oxygen atoms in total. The average molecular weight is 397 g/mol. The van der Waals surface area contributed by atoms with Gasteiger partial charge in [0.05, 0.1) is 0 Å². The highest BCUT2D eigenvalue weighted by Gasteiger charge is 2.30. The fraction of sp³-hybridized carbons (Fsp3) is 0.565. The molecule has 0 N–H and O–H groups in total. The van der Waals surface area contributed by atoms with Crippen LogP contribution in [0.25, 0.3) is 0 Å². The molecule has 4 rings (SSSR count). The van der Waals surface area contributed by atoms with Crippen LogP contribution in [0.2, 0.25) is 0 Å². The Kier molecular flexibility index (Phi) is 6.49. The van der Waals surface area contributed by atoms with E-state index in [1.54, 1.807) is 6.20 Å². The number of ether oxygens (including phenoxy) is 2. The lowest BCUT2D eigenvalue weighted by Gasteiger charge is -2.36. The minimum Gasteiger partial charge on any atom is -0.486 e. The molecular weight excluding hydrogens is 364 g/mol. The van der Waals surface area contributed by atoms with Gasteiger partial charge in [0.2, 0.25) is 5.96 Å². The van der Waals surface area contributed by atoms with Crippen LogP contribution in [0.15, 0.2) is 40.5 Å². The predicted octanol–water partition coefficient (Wildman–Crippen LogP) is 3.90. The van der Waals surface area contributed by atoms with Crippen molar-refractivity contribution in [3.8, 4) is 11.5 Å². The van der Waals surface area contributed by atoms with Crippen molar-refractivity contribution in [2.45, 2.75) is 38.6 Å². The van der Waals surface area contributed by atoms with Crippen molar-refractivity contribution in [3.63, 3.8) is 0 Å². The first-order valence-electron chi connectivity index (χ1n) is 10.8. The van der Waals surface area contributed by atoms with Crippen LogP contribution in [0.4, 0.5) is 0 Å². The highest BCUT2D eigenvalue weighted by Crippen LogP contribution is 2.38. The van der Waals surface area contributed by atoms with Crippen LogP contribution < -0.4 is 9.47 Å². The number of hydrogen-bond acceptors (Lipinski definition) is 4. The summed E-state index contributed by atoms with van der Waals surface area (Å²) in [6, 6.07) is 6.98. The zero-order valence-electron chi connectivity index (χ0n) is 17.4. The Bertz CT molecular complexity index is 768. The van der Waals surface area contributed by atoms with Gasteiger partial charge in [-0.2, -0.15) is 0 Å². The van der Waals surface area contributed by atoms with Crippen LogP contribution in [0.1, 0.15) is 44.2 Å². The Morgan fingerprint density at radius 3 is 2.69 bits per heavy atom. The number of guanidine groups is 1. The molecule has 2 saturated heterocycles. The third kappa shape index (κ3) is 4.64. The number of likely N-dealkylation sites (tertiary alicyclic amines) is 2. The molecule has 3 heterocycles. The van der Waals surface area contributed by atoms with E-state index in [9.17, 15) is 0 Å². The minimum absolute atomic E-state index is 0.491. The van der Waals surface area contributed by atoms with E-state index < -0.39 is 0 Å². The number of fused-ring (bicyclic) bond motifs is 1. The number of rotatable bonds is 4. The van der Waals surface area contributed by atoms with E-state index in [4.69, 9.17) is 9.47 Å². The predicted molar refractivity (Wildman–Crippen MR) is 117 cm³/mol. The Balaban J connectivity index is 1.36. The number of nitrogens with zero attached hydrogens (tertiary/aromatic N) is 4. The summed E-state index contributed by atoms with van der Waals surface area (Å²) in [6.07, 6.45) is 8.54. The lowest BCUT2D eigenvalue weighted by molar-refractivity contribution is 0.164. The van der Waals surface area contributed by atoms with Gasteiger partial charge in [0.1, 0.15) is 13.2 Å². The lowest BCUT2D eigenvalue weighted by atomic mass is 9.95. The van der Waals surface area contributed by atoms with Crippen LogP contribution in [-0.2, 0) is 0 Å². The second-order valence-electron chi connectivity index (χ2n) is 8.06. The highest BCUT2D eigenvalue weighted by molar-refractivity contribution is 5.84. The summed E-state index contributed by atoms with van der Waals surface area (Å²) >= 11 is 0. The first-order valence-corrected chi connectivity index (χ1v) is 10.8. The smallest absolute Gasteiger partial charge is 0.224 e. The summed E-state index contributed by atoms with van der Waals surface area (Å²) in [5, 5.41) is 0. The standard InChI is InChI=1S/C23H32N4O2/c1-3-10-25-23(24-2)26-12-8-18(9-13-26)17-27-11-4-5-20(27)19-6-7-21-22(16-19)29-15-14-28-21/h3,6-7,10,16,18,20H,2,4-5,8-9,11-15,17H2,1H3/b10-3-,25-23?/t20-/m0/s1. The van der Waals surface area contributed by atoms with Crippen LogP contribution in [0.5, 0.6) is 11.5 Å². The Morgan fingerprint density at radius 2 is 1.93 bits per heavy atom. The van der Waals surface area contributed by atoms with E-state index in [0.29, 0.717) is 19.3 Å². The van der Waals surface area contributed by atoms with Crippen molar-refractivity contribution in [1.29, 1.82) is 0 Å². The molecule has 6 heteroatoms. The summed E-state index contributed by atoms with van der Waals surface area (Å²) in [6.45, 7) is 11.3. The second-order valence-corrected chi connectivity index (χ2v) is 8.06. The molecule has 0 bridgehead atoms. The highest BCUT2D eigenvalue weighted by atomic mass is 16.6. The maximum atomic E-state index is 5.80. The minimum atomic E-state index is 0.491. The van der Waals surface area contributed by atoms with Gasteiger partial charge in [-0.25, -0.2) is 9.98 Å². The second kappa shape index (κ2) is 9.44. The van der Waals surface area contributed by atoms with Crippen LogP contribution >= 0.6 is 0 Å². The fourth-order valence-electron chi connectivity index (χ4n) is 4.70. The van der Waals surface area contributed by atoms with Gasteiger partial charge >= 0.3 is 0 Å². The van der Waals surface area contributed by atoms with Gasteiger partial charge in [0, 0.05) is 31.9 Å². The van der Waals surface area contributed by atoms with Gasteiger partial charge in [-0.15, -0.1) is 0 Å². The molecule has 3 aliphatic rings. The molecule has 0 aliphatic carbocycles. The van der Waals surface area contributed by atoms with Gasteiger partial charge in [-0.05, 0) is 69.5 Å². The molecule has 2 fully saturated rings. The van der Waals surface area contributed by atoms with E-state index in [0.717, 1.165) is 43.0 Å². The van der Waals surface area contributed by atoms with Crippen molar-refractivity contribution in [2.75, 3.05) is 39.4 Å². The fourth-order valence-corrected chi connectivity index (χ4v) is 4.70. The molecule has 156 valence electrons. The van der Waals surface area contributed by atoms with Gasteiger partial charge in [0.15, 0.2) is 11.5 Å². The van der Waals surface area contributed by atoms with Crippen LogP contribution in [0, 0.1) is 5.92 Å². The normalized spacial score (nSPS) is 23.7. The van der Waals surface area contributed by atoms with Gasteiger partial charge in [0.25, 0.3) is 0 Å². The first-order chi connectivity index (χ1) is 14.3. The van der Waals surface area contributed by atoms with E-state index >= 15 is 0 Å². The first kappa shape index (κ1) is 20.0. The Morgan fingerprint density at radius 1 is 1.14 bits per heavy atom. The molecule has 0 saturated carbocycles. The zero-order chi connectivity index (χ0) is 20.1. The third-order valence-corrected chi connectivity index (χ3v) is 6.19. The molecule has 0 amide bonds. The third-order valence-electron chi connectivity index (χ3n) is 6.19. The molecule has 0 aromatic heterocycles. The largest absolute Gasteiger partial charge is 0.486 e. The summed E-state index contributed by atoms with van der Waals surface area (Å²) < 4.78 is 11.5. The number of benzene rings is 1. The van der Waals surface area contributed by atoms with Crippen molar-refractivity contribution < 1.29 is 9.47 Å². The Labute approximate surface area is 173 Å². The average Bonchev–Trinajstić information content (AvgIpc) is 3.23. The molecule has 1 aromatic carbocycles. The maximum Gasteiger partial charge on any atom is 0.224 e. The topological polar surface area (TPSA) is 49.7 Å². The van der Waals surface area contributed by atoms with E-state index in [2.05, 4.69) is 44.7 Å². The van der Waals surface area contributed by atoms with Gasteiger partial charge in [-0.1, -0.05) is 12.1 Å². The van der Waals surface area contributed by atoms with Crippen LogP contribution in [-0.4, -0.2) is 61.9 Å². The quantitative estimate of drug-likeness (QED) is 0.572. The van der Waals surface area contributed by atoms with Crippen molar-refractivity contribution in [3.05, 3.63) is 36.0 Å². The van der Waals surface area contributed by atoms with Crippen molar-refractivity contribution >= 4 is 12.7 Å². The number of aliphatic imine (C=N–C) groups is 2. The molecule has 0 spiro atoms. The zero-order valence-corrected chi connectivity index (χ0v) is 17.4. The molecule has 0 radical (unpaired) electrons. The number of allylic oxidation sites excluding steroid dienone is 1. The summed E-state index contributed by atoms with van der Waals surface area (Å²) in [5.74, 6) is 3.25. The van der Waals surface area contributed by atoms with E-state index in [1.165, 1.54) is 37.8 Å². The summed E-state index contributed by atoms with van der Waals surface area (Å²) in [4.78, 5) is 13.4. The molecule has 0 unspecified atom stereocenters. The lowest BCUT2D eigenvalue weighted by Crippen LogP contribution is -2.41. The summed E-state index contributed by atoms with van der Waals surface area (Å²) in [5.41, 5.74) is 1.36. The van der Waals surface area contributed by atoms with Crippen LogP contribution in [0.3, 0.4) is 0 Å². The van der Waals surface area contributed by atoms with Crippen molar-refractivity contribution in [2.24, 2.45) is 15.9 Å². The summed E-state index contributed by atoms with van der Waals surface area (Å²) in [7, 11) is 0. The molecule has 29 heavy (non-hydrogen) atoms. The number of hydrogen-bond donors (Lipinski definition) is 0. The SMILES string of the molecule is C=NC(=N/C=C\C)N1CCC(CN2CCC[C@H]2c2ccc3c(c2)OCCO3)CC1. The van der Waals surface area contributed by atoms with E-state index in [-0.39, 0.29) is 0 Å². The van der Waals surface area contributed by atoms with Crippen molar-refractivity contribution in [1.82, 2.24) is 9.80 Å². The van der Waals surface area contributed by atoms with E-state index in [1.807, 2.05) is 13.0 Å². The maximum absolute atomic E-state index is 5.80. The van der Waals surface area contributed by atoms with Gasteiger partial charge < -0.3 is 14.4 Å². The monoisotopic (exact) mass is 396 g/mol. The molecule has 1 aromatic rings. The van der Waals surface area contributed by atoms with Gasteiger partial charge in [-0.3, -0.25) is 4.90 Å². The molecular formula is C23H32N4O2. The molecule has 1 atom stereocenters. The number of piperidine rings is 1. The Hall–Kier alpha value is -2.34. The molecule has 3 aliphatic heterocycles.